The van der Waals surface area contributed by atoms with Crippen LogP contribution in [0.4, 0.5) is 10.5 Å². The molecule has 1 unspecified atom stereocenters. The van der Waals surface area contributed by atoms with Gasteiger partial charge in [0.25, 0.3) is 0 Å². The molecule has 0 aromatic heterocycles. The number of rotatable bonds is 33. The number of carbonyl (C=O) groups is 6. The highest BCUT2D eigenvalue weighted by atomic mass is 31.2. The third-order valence-corrected chi connectivity index (χ3v) is 17.0. The van der Waals surface area contributed by atoms with Gasteiger partial charge in [-0.3, -0.25) is 28.2 Å². The molecule has 1 aromatic rings. The number of hydrogen-bond acceptors (Lipinski definition) is 31. The molecule has 21 N–H and O–H groups in total. The summed E-state index contributed by atoms with van der Waals surface area (Å²) in [4.78, 5) is 87.3. The van der Waals surface area contributed by atoms with Crippen LogP contribution in [0.1, 0.15) is 78.7 Å². The third kappa shape index (κ3) is 20.3. The molecular weight excluding hydrogens is 1290 g/mol. The first-order valence-electron chi connectivity index (χ1n) is 30.3. The summed E-state index contributed by atoms with van der Waals surface area (Å²) >= 11 is 0. The lowest BCUT2D eigenvalue weighted by Crippen LogP contribution is -2.72. The van der Waals surface area contributed by atoms with E-state index in [2.05, 4.69) is 22.9 Å². The highest BCUT2D eigenvalue weighted by Gasteiger charge is 2.62. The summed E-state index contributed by atoms with van der Waals surface area (Å²) < 4.78 is 87.9. The summed E-state index contributed by atoms with van der Waals surface area (Å²) in [6.45, 7) is 2.60. The van der Waals surface area contributed by atoms with Crippen LogP contribution in [0.25, 0.3) is 0 Å². The highest BCUT2D eigenvalue weighted by molar-refractivity contribution is 7.47. The van der Waals surface area contributed by atoms with Crippen molar-refractivity contribution in [2.75, 3.05) is 38.3 Å². The second-order valence-corrected chi connectivity index (χ2v) is 24.8. The van der Waals surface area contributed by atoms with E-state index < -0.39 is 222 Å². The number of primary amides is 3. The summed E-state index contributed by atoms with van der Waals surface area (Å²) in [5, 5.41) is 128. The number of aryl methyl sites for hydroxylation is 1. The van der Waals surface area contributed by atoms with Crippen molar-refractivity contribution < 1.29 is 156 Å². The maximum atomic E-state index is 14.0. The first-order chi connectivity index (χ1) is 44.2. The van der Waals surface area contributed by atoms with E-state index in [1.54, 1.807) is 0 Å². The zero-order valence-electron chi connectivity index (χ0n) is 51.9. The number of amides is 5. The number of aliphatic hydroxyl groups is 10. The van der Waals surface area contributed by atoms with E-state index in [-0.39, 0.29) is 13.2 Å². The van der Waals surface area contributed by atoms with Gasteiger partial charge in [-0.15, -0.1) is 0 Å². The van der Waals surface area contributed by atoms with Gasteiger partial charge in [-0.2, -0.15) is 0 Å². The van der Waals surface area contributed by atoms with Gasteiger partial charge in [0.15, 0.2) is 62.0 Å². The van der Waals surface area contributed by atoms with E-state index in [9.17, 15) is 94.4 Å². The maximum absolute atomic E-state index is 14.0. The number of unbranched alkanes of at least 4 members (excludes halogenated alkanes) is 5. The number of nitrogens with two attached hydrogens (primary N) is 3. The highest BCUT2D eigenvalue weighted by Crippen LogP contribution is 2.49. The molecule has 0 radical (unpaired) electrons. The number of anilines is 1. The van der Waals surface area contributed by atoms with Crippen molar-refractivity contribution in [3.63, 3.8) is 0 Å². The monoisotopic (exact) mass is 1380 g/mol. The van der Waals surface area contributed by atoms with Gasteiger partial charge in [-0.25, -0.2) is 14.2 Å². The van der Waals surface area contributed by atoms with Gasteiger partial charge in [0.05, 0.1) is 32.5 Å². The molecule has 0 aliphatic carbocycles. The minimum absolute atomic E-state index is 0.0409. The number of nitrogens with one attached hydrogen (secondary N) is 3. The Balaban J connectivity index is 1.28. The molecule has 5 saturated heterocycles. The third-order valence-electron chi connectivity index (χ3n) is 16.1. The Kier molecular flexibility index (Phi) is 29.0. The van der Waals surface area contributed by atoms with Crippen molar-refractivity contribution >= 4 is 49.2 Å². The molecule has 5 aliphatic heterocycles. The van der Waals surface area contributed by atoms with Crippen molar-refractivity contribution in [1.29, 1.82) is 0 Å². The zero-order valence-corrected chi connectivity index (χ0v) is 52.8. The van der Waals surface area contributed by atoms with E-state index in [1.165, 1.54) is 19.8 Å². The predicted octanol–water partition coefficient (Wildman–Crippen LogP) is -6.50. The van der Waals surface area contributed by atoms with Gasteiger partial charge in [-0.1, -0.05) is 51.2 Å². The van der Waals surface area contributed by atoms with Gasteiger partial charge in [0.1, 0.15) is 90.9 Å². The van der Waals surface area contributed by atoms with Crippen LogP contribution < -0.4 is 33.2 Å². The molecule has 5 amide bonds. The largest absolute Gasteiger partial charge is 0.479 e. The number of aliphatic hydroxyl groups excluding tert-OH is 9. The molecule has 0 saturated carbocycles. The lowest BCUT2D eigenvalue weighted by molar-refractivity contribution is -0.375. The number of phosphoric acid groups is 1. The Morgan fingerprint density at radius 2 is 1.23 bits per heavy atom. The van der Waals surface area contributed by atoms with Crippen LogP contribution in [0.2, 0.25) is 0 Å². The normalized spacial score (nSPS) is 37.9. The van der Waals surface area contributed by atoms with Gasteiger partial charge in [0, 0.05) is 26.1 Å². The molecule has 5 heterocycles. The van der Waals surface area contributed by atoms with E-state index in [0.717, 1.165) is 58.4 Å². The topological polar surface area (TPSA) is 596 Å². The lowest BCUT2D eigenvalue weighted by Gasteiger charge is -2.52. The molecule has 27 atom stereocenters. The van der Waals surface area contributed by atoms with Crippen molar-refractivity contribution in [1.82, 2.24) is 10.6 Å². The fraction of sp³-hybridized carbons (Fsp3) is 0.782. The van der Waals surface area contributed by atoms with Crippen LogP contribution in [-0.2, 0) is 96.1 Å². The number of carbonyl (C=O) groups excluding carboxylic acids is 5. The Bertz CT molecular complexity index is 2690. The number of carboxylic acid groups (broad SMARTS) is 1. The number of aliphatic carboxylic acids is 1. The van der Waals surface area contributed by atoms with Crippen LogP contribution >= 0.6 is 7.82 Å². The molecule has 536 valence electrons. The summed E-state index contributed by atoms with van der Waals surface area (Å²) in [5.74, 6) is -6.40. The minimum Gasteiger partial charge on any atom is -0.479 e. The number of phosphoric ester groups is 1. The second-order valence-electron chi connectivity index (χ2n) is 23.4. The molecule has 0 spiro atoms. The quantitative estimate of drug-likeness (QED) is 0.0230. The maximum Gasteiger partial charge on any atom is 0.474 e. The molecule has 6 rings (SSSR count). The smallest absolute Gasteiger partial charge is 0.474 e. The molecule has 1 aromatic carbocycles. The average molecular weight is 1380 g/mol. The van der Waals surface area contributed by atoms with Crippen LogP contribution in [0.15, 0.2) is 24.3 Å². The summed E-state index contributed by atoms with van der Waals surface area (Å²) in [6, 6.07) is 3.67. The van der Waals surface area contributed by atoms with E-state index in [4.69, 9.17) is 78.4 Å². The fourth-order valence-electron chi connectivity index (χ4n) is 11.2. The molecule has 5 fully saturated rings. The van der Waals surface area contributed by atoms with Crippen molar-refractivity contribution in [2.45, 2.75) is 239 Å². The van der Waals surface area contributed by atoms with E-state index >= 15 is 0 Å². The Hall–Kier alpha value is -5.05. The molecular formula is C55H89N6O32P. The van der Waals surface area contributed by atoms with Gasteiger partial charge < -0.3 is 146 Å². The van der Waals surface area contributed by atoms with Gasteiger partial charge >= 0.3 is 19.9 Å². The van der Waals surface area contributed by atoms with Gasteiger partial charge in [-0.05, 0) is 44.4 Å². The van der Waals surface area contributed by atoms with E-state index in [0.29, 0.717) is 5.69 Å². The van der Waals surface area contributed by atoms with Crippen molar-refractivity contribution in [3.8, 4) is 0 Å². The zero-order chi connectivity index (χ0) is 69.7. The number of hydrogen-bond donors (Lipinski definition) is 18. The first-order valence-corrected chi connectivity index (χ1v) is 31.8. The SMILES string of the molecule is CCCCCCCCc1ccc(NCCO[C@H](COP(=O)(O)O[C@H]2O[C@@H](C(N)=O)[C@@](C)(O)[C@H](OC(N)=O)[C@@H]2O[C@@H]2O[C@@H](CO[C@@H]3O[C@@H](CO)[C@@H](O)[C@H](O)[C@@H]3O)[C@@H](O[C@@H]3O[C@@H](C)[C@@H](O[C@@H]4O[C@@H](C(N)=O)[C@H](O)[C@H](O)[C@@H]4O)[C@H](O)[C@@H]3NC(C)=O)[C@H](O)[C@@H]2NC(C)=O)C(=O)O)cc1. The fourth-order valence-corrected chi connectivity index (χ4v) is 12.0. The Morgan fingerprint density at radius 3 is 1.82 bits per heavy atom. The Morgan fingerprint density at radius 1 is 0.670 bits per heavy atom. The molecule has 38 nitrogen and oxygen atoms in total. The molecule has 5 aliphatic rings. The van der Waals surface area contributed by atoms with Crippen LogP contribution in [0, 0.1) is 0 Å². The molecule has 39 heteroatoms. The van der Waals surface area contributed by atoms with Gasteiger partial charge in [0.2, 0.25) is 23.6 Å². The predicted molar refractivity (Wildman–Crippen MR) is 310 cm³/mol. The lowest BCUT2D eigenvalue weighted by atomic mass is 9.85. The first kappa shape index (κ1) is 78.0. The van der Waals surface area contributed by atoms with Crippen LogP contribution in [0.5, 0.6) is 0 Å². The number of benzene rings is 1. The standard InChI is InChI=1S/C55H89N6O32P/c1-6-7-8-9-10-11-12-25-13-15-26(16-14-25)59-17-18-81-29(48(75)76)21-83-94(79,80)93-53-43(44(92-54(58)77)55(5,78)45(91-53)47(57)74)90-50-31(61-24(4)64)34(67)41(28(86-50)20-82-51-38(71)35(68)32(65)27(19-62)85-51)88-49-30(60-23(3)63)33(66)40(22(2)84-49)87-52-39(72)36(69)37(70)42(89-52)46(56)73/h13-16,22,27-45,49-53,59,62,65-72,78H,6-12,17-21H2,1-5H3,(H2,56,73)(H2,57,74)(H2,58,77)(H,60,63)(H,61,64)(H,75,76)(H,79,80)/t22-,27-,28-,29+,30-,31-,32+,33+,34+,35-,36-,37+,38-,39-,40+,41+,42+,43-,44+,45-,49-,50-,51+,52+,53+,55-/m0/s1. The second kappa shape index (κ2) is 34.9. The van der Waals surface area contributed by atoms with Crippen LogP contribution in [-0.4, -0.2) is 289 Å². The Labute approximate surface area is 537 Å². The average Bonchev–Trinajstić information content (AvgIpc) is 0.756. The summed E-state index contributed by atoms with van der Waals surface area (Å²) in [5.41, 5.74) is 15.2. The number of carboxylic acids is 1. The van der Waals surface area contributed by atoms with Crippen molar-refractivity contribution in [2.24, 2.45) is 17.2 Å². The summed E-state index contributed by atoms with van der Waals surface area (Å²) in [6.07, 6.45) is -41.7. The number of ether oxygens (including phenoxy) is 11. The minimum atomic E-state index is -5.81. The molecule has 0 bridgehead atoms. The molecule has 94 heavy (non-hydrogen) atoms. The van der Waals surface area contributed by atoms with Crippen LogP contribution in [0.3, 0.4) is 0 Å². The van der Waals surface area contributed by atoms with Crippen molar-refractivity contribution in [3.05, 3.63) is 29.8 Å². The summed E-state index contributed by atoms with van der Waals surface area (Å²) in [7, 11) is -5.81. The van der Waals surface area contributed by atoms with E-state index in [1.807, 2.05) is 24.3 Å².